The first kappa shape index (κ1) is 18.0. The Morgan fingerprint density at radius 3 is 2.38 bits per heavy atom. The fourth-order valence-electron chi connectivity index (χ4n) is 2.45. The van der Waals surface area contributed by atoms with Crippen molar-refractivity contribution in [2.24, 2.45) is 0 Å². The first-order valence-corrected chi connectivity index (χ1v) is 8.12. The summed E-state index contributed by atoms with van der Waals surface area (Å²) in [5, 5.41) is 6.35. The summed E-state index contributed by atoms with van der Waals surface area (Å²) in [5.41, 5.74) is 3.70. The van der Waals surface area contributed by atoms with Gasteiger partial charge in [0, 0.05) is 17.6 Å². The highest BCUT2D eigenvalue weighted by Gasteiger charge is 2.17. The van der Waals surface area contributed by atoms with Gasteiger partial charge >= 0.3 is 0 Å². The summed E-state index contributed by atoms with van der Waals surface area (Å²) in [5.74, 6) is -0.341. The van der Waals surface area contributed by atoms with E-state index < -0.39 is 6.04 Å². The molecule has 0 fully saturated rings. The molecule has 2 rings (SSSR count). The monoisotopic (exact) mass is 344 g/mol. The predicted octanol–water partition coefficient (Wildman–Crippen LogP) is 4.16. The van der Waals surface area contributed by atoms with Crippen molar-refractivity contribution in [3.8, 4) is 0 Å². The molecule has 1 atom stereocenters. The lowest BCUT2D eigenvalue weighted by Gasteiger charge is -2.19. The number of aryl methyl sites for hydroxylation is 2. The van der Waals surface area contributed by atoms with E-state index in [-0.39, 0.29) is 18.2 Å². The van der Waals surface area contributed by atoms with E-state index in [0.29, 0.717) is 5.02 Å². The second-order valence-corrected chi connectivity index (χ2v) is 6.31. The van der Waals surface area contributed by atoms with Gasteiger partial charge in [0.05, 0.1) is 12.5 Å². The molecule has 0 aliphatic rings. The van der Waals surface area contributed by atoms with Crippen molar-refractivity contribution < 1.29 is 9.59 Å². The number of rotatable bonds is 5. The number of amides is 2. The largest absolute Gasteiger partial charge is 0.349 e. The van der Waals surface area contributed by atoms with Crippen LogP contribution in [-0.2, 0) is 9.59 Å². The molecule has 0 radical (unpaired) electrons. The Morgan fingerprint density at radius 1 is 1.08 bits per heavy atom. The van der Waals surface area contributed by atoms with E-state index in [0.717, 1.165) is 22.4 Å². The molecule has 2 aromatic carbocycles. The maximum atomic E-state index is 12.4. The van der Waals surface area contributed by atoms with Crippen molar-refractivity contribution in [2.75, 3.05) is 5.32 Å². The smallest absolute Gasteiger partial charge is 0.226 e. The van der Waals surface area contributed by atoms with E-state index >= 15 is 0 Å². The molecule has 0 bridgehead atoms. The van der Waals surface area contributed by atoms with Crippen LogP contribution in [0.15, 0.2) is 42.5 Å². The van der Waals surface area contributed by atoms with Gasteiger partial charge in [-0.05, 0) is 48.7 Å². The lowest BCUT2D eigenvalue weighted by atomic mass is 10.0. The molecular formula is C19H21ClN2O2. The minimum atomic E-state index is -0.398. The van der Waals surface area contributed by atoms with Crippen LogP contribution in [0.5, 0.6) is 0 Å². The molecule has 0 aromatic heterocycles. The number of halogens is 1. The van der Waals surface area contributed by atoms with Crippen LogP contribution in [0.2, 0.25) is 5.02 Å². The third kappa shape index (κ3) is 5.10. The lowest BCUT2D eigenvalue weighted by Crippen LogP contribution is -2.29. The summed E-state index contributed by atoms with van der Waals surface area (Å²) < 4.78 is 0. The molecule has 0 aliphatic carbocycles. The zero-order valence-electron chi connectivity index (χ0n) is 14.0. The third-order valence-corrected chi connectivity index (χ3v) is 3.96. The molecular weight excluding hydrogens is 324 g/mol. The topological polar surface area (TPSA) is 58.2 Å². The van der Waals surface area contributed by atoms with Crippen LogP contribution in [0, 0.1) is 13.8 Å². The molecule has 0 aliphatic heterocycles. The van der Waals surface area contributed by atoms with Gasteiger partial charge in [-0.25, -0.2) is 0 Å². The Bertz CT molecular complexity index is 742. The average Bonchev–Trinajstić information content (AvgIpc) is 2.50. The van der Waals surface area contributed by atoms with E-state index in [1.54, 1.807) is 12.1 Å². The van der Waals surface area contributed by atoms with Crippen LogP contribution in [-0.4, -0.2) is 11.8 Å². The predicted molar refractivity (Wildman–Crippen MR) is 97.2 cm³/mol. The number of nitrogens with one attached hydrogen (secondary N) is 2. The number of anilines is 1. The molecule has 2 N–H and O–H groups in total. The van der Waals surface area contributed by atoms with Crippen LogP contribution in [0.25, 0.3) is 0 Å². The first-order chi connectivity index (χ1) is 11.3. The highest BCUT2D eigenvalue weighted by Crippen LogP contribution is 2.22. The van der Waals surface area contributed by atoms with E-state index in [2.05, 4.69) is 10.6 Å². The number of benzene rings is 2. The van der Waals surface area contributed by atoms with Gasteiger partial charge in [-0.2, -0.15) is 0 Å². The van der Waals surface area contributed by atoms with E-state index in [4.69, 9.17) is 11.6 Å². The molecule has 5 heteroatoms. The molecule has 126 valence electrons. The van der Waals surface area contributed by atoms with Gasteiger partial charge in [0.25, 0.3) is 0 Å². The summed E-state index contributed by atoms with van der Waals surface area (Å²) in [6.07, 6.45) is 0.147. The van der Waals surface area contributed by atoms with Crippen LogP contribution >= 0.6 is 11.6 Å². The molecule has 0 heterocycles. The van der Waals surface area contributed by atoms with Gasteiger partial charge < -0.3 is 10.6 Å². The fraction of sp³-hybridized carbons (Fsp3) is 0.263. The lowest BCUT2D eigenvalue weighted by molar-refractivity contribution is -0.120. The van der Waals surface area contributed by atoms with Gasteiger partial charge in [0.1, 0.15) is 0 Å². The molecule has 2 aromatic rings. The zero-order valence-corrected chi connectivity index (χ0v) is 14.8. The van der Waals surface area contributed by atoms with E-state index in [1.807, 2.05) is 44.2 Å². The van der Waals surface area contributed by atoms with Crippen molar-refractivity contribution in [3.05, 3.63) is 64.2 Å². The number of carbonyl (C=O) groups excluding carboxylic acids is 2. The van der Waals surface area contributed by atoms with Gasteiger partial charge in [-0.3, -0.25) is 9.59 Å². The Balaban J connectivity index is 2.13. The Labute approximate surface area is 147 Å². The number of hydrogen-bond donors (Lipinski definition) is 2. The first-order valence-electron chi connectivity index (χ1n) is 7.75. The van der Waals surface area contributed by atoms with E-state index in [1.165, 1.54) is 6.92 Å². The van der Waals surface area contributed by atoms with Gasteiger partial charge in [0.2, 0.25) is 11.8 Å². The zero-order chi connectivity index (χ0) is 17.7. The molecule has 0 spiro atoms. The number of hydrogen-bond acceptors (Lipinski definition) is 2. The summed E-state index contributed by atoms with van der Waals surface area (Å²) in [7, 11) is 0. The average molecular weight is 345 g/mol. The summed E-state index contributed by atoms with van der Waals surface area (Å²) in [6, 6.07) is 12.6. The molecule has 1 unspecified atom stereocenters. The maximum Gasteiger partial charge on any atom is 0.226 e. The summed E-state index contributed by atoms with van der Waals surface area (Å²) in [6.45, 7) is 5.36. The Kier molecular flexibility index (Phi) is 5.99. The van der Waals surface area contributed by atoms with Gasteiger partial charge in [-0.1, -0.05) is 35.9 Å². The van der Waals surface area contributed by atoms with Crippen molar-refractivity contribution in [2.45, 2.75) is 33.2 Å². The van der Waals surface area contributed by atoms with Crippen molar-refractivity contribution >= 4 is 29.1 Å². The van der Waals surface area contributed by atoms with Crippen molar-refractivity contribution in [3.63, 3.8) is 0 Å². The SMILES string of the molecule is CC(=O)NC(CC(=O)Nc1cc(C)ccc1C)c1ccc(Cl)cc1. The molecule has 0 saturated carbocycles. The van der Waals surface area contributed by atoms with Crippen molar-refractivity contribution in [1.82, 2.24) is 5.32 Å². The van der Waals surface area contributed by atoms with Crippen LogP contribution in [0.3, 0.4) is 0 Å². The van der Waals surface area contributed by atoms with Crippen LogP contribution in [0.4, 0.5) is 5.69 Å². The van der Waals surface area contributed by atoms with Gasteiger partial charge in [-0.15, -0.1) is 0 Å². The van der Waals surface area contributed by atoms with E-state index in [9.17, 15) is 9.59 Å². The normalized spacial score (nSPS) is 11.7. The molecule has 4 nitrogen and oxygen atoms in total. The molecule has 24 heavy (non-hydrogen) atoms. The standard InChI is InChI=1S/C19H21ClN2O2/c1-12-4-5-13(2)17(10-12)22-19(24)11-18(21-14(3)23)15-6-8-16(20)9-7-15/h4-10,18H,11H2,1-3H3,(H,21,23)(H,22,24). The minimum Gasteiger partial charge on any atom is -0.349 e. The molecule has 0 saturated heterocycles. The second-order valence-electron chi connectivity index (χ2n) is 5.88. The minimum absolute atomic E-state index is 0.147. The quantitative estimate of drug-likeness (QED) is 0.855. The number of carbonyl (C=O) groups is 2. The van der Waals surface area contributed by atoms with Crippen LogP contribution in [0.1, 0.15) is 36.1 Å². The fourth-order valence-corrected chi connectivity index (χ4v) is 2.58. The van der Waals surface area contributed by atoms with Crippen LogP contribution < -0.4 is 10.6 Å². The summed E-state index contributed by atoms with van der Waals surface area (Å²) >= 11 is 5.90. The second kappa shape index (κ2) is 7.97. The molecule has 2 amide bonds. The Morgan fingerprint density at radius 2 is 1.75 bits per heavy atom. The maximum absolute atomic E-state index is 12.4. The summed E-state index contributed by atoms with van der Waals surface area (Å²) in [4.78, 5) is 23.9. The highest BCUT2D eigenvalue weighted by molar-refractivity contribution is 6.30. The highest BCUT2D eigenvalue weighted by atomic mass is 35.5. The van der Waals surface area contributed by atoms with Crippen molar-refractivity contribution in [1.29, 1.82) is 0 Å². The third-order valence-electron chi connectivity index (χ3n) is 3.71. The van der Waals surface area contributed by atoms with Gasteiger partial charge in [0.15, 0.2) is 0 Å². The Hall–Kier alpha value is -2.33.